The molecule has 0 spiro atoms. The third-order valence-corrected chi connectivity index (χ3v) is 3.88. The molecule has 0 amide bonds. The number of hydrogen-bond acceptors (Lipinski definition) is 4. The minimum atomic E-state index is -0.249. The first-order valence-corrected chi connectivity index (χ1v) is 6.95. The standard InChI is InChI=1S/C15H13FN2OS/c1-9-3-6-13(19-2)12(7-9)18-15-17-11-5-4-10(16)8-14(11)20-15/h3-8H,1-2H3,(H,17,18). The van der Waals surface area contributed by atoms with E-state index in [0.717, 1.165) is 32.3 Å². The number of anilines is 2. The highest BCUT2D eigenvalue weighted by Gasteiger charge is 2.08. The Morgan fingerprint density at radius 2 is 2.05 bits per heavy atom. The number of aromatic nitrogens is 1. The van der Waals surface area contributed by atoms with E-state index in [1.54, 1.807) is 13.2 Å². The second-order valence-corrected chi connectivity index (χ2v) is 5.49. The van der Waals surface area contributed by atoms with Gasteiger partial charge >= 0.3 is 0 Å². The molecule has 1 N–H and O–H groups in total. The molecule has 3 nitrogen and oxygen atoms in total. The van der Waals surface area contributed by atoms with E-state index in [-0.39, 0.29) is 5.82 Å². The molecule has 2 aromatic carbocycles. The zero-order chi connectivity index (χ0) is 14.1. The molecule has 0 unspecified atom stereocenters. The van der Waals surface area contributed by atoms with Crippen molar-refractivity contribution in [2.45, 2.75) is 6.92 Å². The maximum Gasteiger partial charge on any atom is 0.188 e. The summed E-state index contributed by atoms with van der Waals surface area (Å²) in [4.78, 5) is 4.44. The molecule has 102 valence electrons. The van der Waals surface area contributed by atoms with E-state index in [2.05, 4.69) is 10.3 Å². The van der Waals surface area contributed by atoms with Crippen molar-refractivity contribution < 1.29 is 9.13 Å². The number of benzene rings is 2. The van der Waals surface area contributed by atoms with Crippen LogP contribution in [0.25, 0.3) is 10.2 Å². The van der Waals surface area contributed by atoms with Crippen LogP contribution >= 0.6 is 11.3 Å². The average molecular weight is 288 g/mol. The van der Waals surface area contributed by atoms with Gasteiger partial charge in [0.05, 0.1) is 23.0 Å². The Morgan fingerprint density at radius 1 is 1.20 bits per heavy atom. The molecule has 0 radical (unpaired) electrons. The Balaban J connectivity index is 1.98. The molecule has 1 heterocycles. The van der Waals surface area contributed by atoms with Crippen molar-refractivity contribution in [3.8, 4) is 5.75 Å². The van der Waals surface area contributed by atoms with E-state index in [1.165, 1.54) is 23.5 Å². The van der Waals surface area contributed by atoms with Crippen molar-refractivity contribution in [2.75, 3.05) is 12.4 Å². The van der Waals surface area contributed by atoms with Gasteiger partial charge in [-0.05, 0) is 42.8 Å². The molecule has 3 aromatic rings. The summed E-state index contributed by atoms with van der Waals surface area (Å²) in [6, 6.07) is 10.5. The van der Waals surface area contributed by atoms with Crippen LogP contribution in [-0.2, 0) is 0 Å². The maximum atomic E-state index is 13.2. The number of thiazole rings is 1. The number of halogens is 1. The van der Waals surface area contributed by atoms with E-state index >= 15 is 0 Å². The molecular weight excluding hydrogens is 275 g/mol. The van der Waals surface area contributed by atoms with Gasteiger partial charge in [0, 0.05) is 0 Å². The molecule has 0 atom stereocenters. The van der Waals surface area contributed by atoms with Gasteiger partial charge < -0.3 is 10.1 Å². The highest BCUT2D eigenvalue weighted by molar-refractivity contribution is 7.22. The van der Waals surface area contributed by atoms with Crippen molar-refractivity contribution >= 4 is 32.4 Å². The Bertz CT molecular complexity index is 770. The van der Waals surface area contributed by atoms with Crippen molar-refractivity contribution in [3.63, 3.8) is 0 Å². The number of fused-ring (bicyclic) bond motifs is 1. The van der Waals surface area contributed by atoms with Crippen LogP contribution < -0.4 is 10.1 Å². The van der Waals surface area contributed by atoms with Gasteiger partial charge in [0.1, 0.15) is 11.6 Å². The zero-order valence-electron chi connectivity index (χ0n) is 11.1. The third kappa shape index (κ3) is 2.44. The number of nitrogens with zero attached hydrogens (tertiary/aromatic N) is 1. The predicted octanol–water partition coefficient (Wildman–Crippen LogP) is 4.50. The van der Waals surface area contributed by atoms with Crippen molar-refractivity contribution in [1.82, 2.24) is 4.98 Å². The molecule has 0 aliphatic heterocycles. The Morgan fingerprint density at radius 3 is 2.85 bits per heavy atom. The summed E-state index contributed by atoms with van der Waals surface area (Å²) in [5.41, 5.74) is 2.76. The number of hydrogen-bond donors (Lipinski definition) is 1. The van der Waals surface area contributed by atoms with Crippen LogP contribution in [0.1, 0.15) is 5.56 Å². The van der Waals surface area contributed by atoms with Gasteiger partial charge in [0.25, 0.3) is 0 Å². The van der Waals surface area contributed by atoms with Gasteiger partial charge in [-0.3, -0.25) is 0 Å². The van der Waals surface area contributed by atoms with E-state index < -0.39 is 0 Å². The molecule has 3 rings (SSSR count). The van der Waals surface area contributed by atoms with Crippen LogP contribution in [0.2, 0.25) is 0 Å². The predicted molar refractivity (Wildman–Crippen MR) is 80.6 cm³/mol. The van der Waals surface area contributed by atoms with Crippen LogP contribution in [0, 0.1) is 12.7 Å². The fourth-order valence-electron chi connectivity index (χ4n) is 1.99. The molecule has 0 aliphatic carbocycles. The Kier molecular flexibility index (Phi) is 3.28. The molecule has 0 aliphatic rings. The van der Waals surface area contributed by atoms with Gasteiger partial charge in [-0.25, -0.2) is 9.37 Å². The molecular formula is C15H13FN2OS. The number of methoxy groups -OCH3 is 1. The smallest absolute Gasteiger partial charge is 0.188 e. The minimum Gasteiger partial charge on any atom is -0.495 e. The third-order valence-electron chi connectivity index (χ3n) is 2.95. The summed E-state index contributed by atoms with van der Waals surface area (Å²) in [5.74, 6) is 0.502. The first-order valence-electron chi connectivity index (χ1n) is 6.13. The summed E-state index contributed by atoms with van der Waals surface area (Å²) in [5, 5.41) is 3.95. The molecule has 1 aromatic heterocycles. The lowest BCUT2D eigenvalue weighted by Crippen LogP contribution is -1.94. The second-order valence-electron chi connectivity index (χ2n) is 4.46. The average Bonchev–Trinajstić information content (AvgIpc) is 2.80. The Hall–Kier alpha value is -2.14. The maximum absolute atomic E-state index is 13.2. The fourth-order valence-corrected chi connectivity index (χ4v) is 2.89. The second kappa shape index (κ2) is 5.09. The normalized spacial score (nSPS) is 10.8. The van der Waals surface area contributed by atoms with E-state index in [0.29, 0.717) is 0 Å². The van der Waals surface area contributed by atoms with Crippen molar-refractivity contribution in [1.29, 1.82) is 0 Å². The van der Waals surface area contributed by atoms with Crippen LogP contribution in [0.15, 0.2) is 36.4 Å². The molecule has 0 bridgehead atoms. The lowest BCUT2D eigenvalue weighted by Gasteiger charge is -2.09. The van der Waals surface area contributed by atoms with Crippen LogP contribution in [0.5, 0.6) is 5.75 Å². The molecule has 0 saturated carbocycles. The van der Waals surface area contributed by atoms with E-state index in [4.69, 9.17) is 4.74 Å². The van der Waals surface area contributed by atoms with Crippen LogP contribution in [0.3, 0.4) is 0 Å². The highest BCUT2D eigenvalue weighted by Crippen LogP contribution is 2.33. The summed E-state index contributed by atoms with van der Waals surface area (Å²) >= 11 is 1.41. The SMILES string of the molecule is COc1ccc(C)cc1Nc1nc2ccc(F)cc2s1. The largest absolute Gasteiger partial charge is 0.495 e. The van der Waals surface area contributed by atoms with Gasteiger partial charge in [-0.2, -0.15) is 0 Å². The van der Waals surface area contributed by atoms with E-state index in [1.807, 2.05) is 25.1 Å². The van der Waals surface area contributed by atoms with Gasteiger partial charge in [-0.15, -0.1) is 0 Å². The molecule has 20 heavy (non-hydrogen) atoms. The summed E-state index contributed by atoms with van der Waals surface area (Å²) in [6.07, 6.45) is 0. The van der Waals surface area contributed by atoms with Crippen LogP contribution in [0.4, 0.5) is 15.2 Å². The lowest BCUT2D eigenvalue weighted by atomic mass is 10.2. The quantitative estimate of drug-likeness (QED) is 0.770. The van der Waals surface area contributed by atoms with Gasteiger partial charge in [0.2, 0.25) is 0 Å². The molecule has 0 fully saturated rings. The first-order chi connectivity index (χ1) is 9.65. The fraction of sp³-hybridized carbons (Fsp3) is 0.133. The Labute approximate surface area is 120 Å². The minimum absolute atomic E-state index is 0.249. The number of aryl methyl sites for hydroxylation is 1. The number of rotatable bonds is 3. The first kappa shape index (κ1) is 12.9. The number of ether oxygens (including phenoxy) is 1. The highest BCUT2D eigenvalue weighted by atomic mass is 32.1. The lowest BCUT2D eigenvalue weighted by molar-refractivity contribution is 0.416. The zero-order valence-corrected chi connectivity index (χ0v) is 11.9. The number of nitrogens with one attached hydrogen (secondary N) is 1. The summed E-state index contributed by atoms with van der Waals surface area (Å²) in [6.45, 7) is 2.01. The molecule has 0 saturated heterocycles. The molecule has 5 heteroatoms. The van der Waals surface area contributed by atoms with Gasteiger partial charge in [0.15, 0.2) is 5.13 Å². The van der Waals surface area contributed by atoms with Crippen molar-refractivity contribution in [3.05, 3.63) is 47.8 Å². The summed E-state index contributed by atoms with van der Waals surface area (Å²) < 4.78 is 19.3. The van der Waals surface area contributed by atoms with Gasteiger partial charge in [-0.1, -0.05) is 17.4 Å². The summed E-state index contributed by atoms with van der Waals surface area (Å²) in [7, 11) is 1.63. The van der Waals surface area contributed by atoms with Crippen LogP contribution in [-0.4, -0.2) is 12.1 Å². The van der Waals surface area contributed by atoms with E-state index in [9.17, 15) is 4.39 Å². The monoisotopic (exact) mass is 288 g/mol. The van der Waals surface area contributed by atoms with Crippen molar-refractivity contribution in [2.24, 2.45) is 0 Å². The topological polar surface area (TPSA) is 34.1 Å².